The first kappa shape index (κ1) is 11.9. The van der Waals surface area contributed by atoms with E-state index in [-0.39, 0.29) is 5.91 Å². The first-order chi connectivity index (χ1) is 7.91. The van der Waals surface area contributed by atoms with E-state index in [4.69, 9.17) is 5.73 Å². The summed E-state index contributed by atoms with van der Waals surface area (Å²) in [4.78, 5) is 14.0. The average Bonchev–Trinajstić information content (AvgIpc) is 2.58. The number of likely N-dealkylation sites (tertiary alicyclic amines) is 1. The fourth-order valence-electron chi connectivity index (χ4n) is 2.26. The maximum atomic E-state index is 12.3. The summed E-state index contributed by atoms with van der Waals surface area (Å²) < 4.78 is 0. The van der Waals surface area contributed by atoms with Crippen LogP contribution in [-0.4, -0.2) is 34.6 Å². The van der Waals surface area contributed by atoms with E-state index < -0.39 is 5.60 Å². The number of β-amino-alcohol motifs (C(OH)–C–C–N with tert-alkyl or cyclic N) is 1. The molecule has 1 unspecified atom stereocenters. The number of aliphatic hydroxyl groups is 1. The minimum Gasteiger partial charge on any atom is -0.398 e. The molecule has 2 rings (SSSR count). The normalized spacial score (nSPS) is 24.1. The van der Waals surface area contributed by atoms with E-state index in [2.05, 4.69) is 0 Å². The van der Waals surface area contributed by atoms with E-state index >= 15 is 0 Å². The molecule has 1 amide bonds. The highest BCUT2D eigenvalue weighted by molar-refractivity contribution is 6.00. The second-order valence-electron chi connectivity index (χ2n) is 5.01. The van der Waals surface area contributed by atoms with Crippen LogP contribution < -0.4 is 5.73 Å². The smallest absolute Gasteiger partial charge is 0.256 e. The number of anilines is 1. The molecule has 92 valence electrons. The Morgan fingerprint density at radius 2 is 2.24 bits per heavy atom. The van der Waals surface area contributed by atoms with Gasteiger partial charge in [-0.15, -0.1) is 0 Å². The fourth-order valence-corrected chi connectivity index (χ4v) is 2.26. The van der Waals surface area contributed by atoms with Crippen molar-refractivity contribution in [2.75, 3.05) is 18.8 Å². The summed E-state index contributed by atoms with van der Waals surface area (Å²) in [5.41, 5.74) is 7.02. The number of carbonyl (C=O) groups is 1. The van der Waals surface area contributed by atoms with Crippen LogP contribution in [-0.2, 0) is 0 Å². The van der Waals surface area contributed by atoms with Gasteiger partial charge in [0.15, 0.2) is 0 Å². The van der Waals surface area contributed by atoms with Crippen LogP contribution in [0, 0.1) is 6.92 Å². The van der Waals surface area contributed by atoms with Gasteiger partial charge in [-0.05, 0) is 31.9 Å². The number of hydrogen-bond acceptors (Lipinski definition) is 3. The summed E-state index contributed by atoms with van der Waals surface area (Å²) in [5, 5.41) is 9.87. The number of nitrogens with zero attached hydrogens (tertiary/aromatic N) is 1. The van der Waals surface area contributed by atoms with Crippen LogP contribution in [0.25, 0.3) is 0 Å². The van der Waals surface area contributed by atoms with Crippen LogP contribution in [0.15, 0.2) is 18.2 Å². The first-order valence-corrected chi connectivity index (χ1v) is 5.77. The molecule has 1 aliphatic rings. The number of aryl methyl sites for hydroxylation is 1. The van der Waals surface area contributed by atoms with Gasteiger partial charge in [0, 0.05) is 18.8 Å². The Balaban J connectivity index is 2.27. The maximum absolute atomic E-state index is 12.3. The number of nitrogens with two attached hydrogens (primary N) is 1. The highest BCUT2D eigenvalue weighted by Crippen LogP contribution is 2.25. The molecule has 17 heavy (non-hydrogen) atoms. The Hall–Kier alpha value is -1.55. The van der Waals surface area contributed by atoms with Gasteiger partial charge in [0.2, 0.25) is 0 Å². The van der Waals surface area contributed by atoms with E-state index in [1.165, 1.54) is 0 Å². The Kier molecular flexibility index (Phi) is 2.83. The van der Waals surface area contributed by atoms with Crippen molar-refractivity contribution in [1.82, 2.24) is 4.90 Å². The van der Waals surface area contributed by atoms with Crippen LogP contribution in [0.2, 0.25) is 0 Å². The Bertz CT molecular complexity index is 434. The molecule has 0 saturated carbocycles. The van der Waals surface area contributed by atoms with Crippen LogP contribution in [0.1, 0.15) is 29.3 Å². The second kappa shape index (κ2) is 4.04. The van der Waals surface area contributed by atoms with Gasteiger partial charge >= 0.3 is 0 Å². The summed E-state index contributed by atoms with van der Waals surface area (Å²) in [6, 6.07) is 5.44. The zero-order valence-corrected chi connectivity index (χ0v) is 10.2. The van der Waals surface area contributed by atoms with Gasteiger partial charge < -0.3 is 15.7 Å². The minimum absolute atomic E-state index is 0.0848. The lowest BCUT2D eigenvalue weighted by Gasteiger charge is -2.20. The summed E-state index contributed by atoms with van der Waals surface area (Å²) in [7, 11) is 0. The van der Waals surface area contributed by atoms with Crippen molar-refractivity contribution in [3.63, 3.8) is 0 Å². The Labute approximate surface area is 101 Å². The standard InChI is InChI=1S/C13H18N2O2/c1-9-4-3-5-10(14)11(9)12(16)15-7-6-13(2,17)8-15/h3-5,17H,6-8,14H2,1-2H3. The fraction of sp³-hybridized carbons (Fsp3) is 0.462. The number of amides is 1. The molecule has 1 aromatic carbocycles. The van der Waals surface area contributed by atoms with E-state index in [0.29, 0.717) is 30.8 Å². The number of nitrogen functional groups attached to an aromatic ring is 1. The molecule has 1 aromatic rings. The Morgan fingerprint density at radius 3 is 2.76 bits per heavy atom. The van der Waals surface area contributed by atoms with Gasteiger partial charge in [-0.25, -0.2) is 0 Å². The lowest BCUT2D eigenvalue weighted by atomic mass is 10.1. The van der Waals surface area contributed by atoms with Crippen LogP contribution in [0.5, 0.6) is 0 Å². The summed E-state index contributed by atoms with van der Waals surface area (Å²) >= 11 is 0. The molecule has 0 radical (unpaired) electrons. The van der Waals surface area contributed by atoms with E-state index in [1.807, 2.05) is 19.1 Å². The van der Waals surface area contributed by atoms with Crippen molar-refractivity contribution in [3.8, 4) is 0 Å². The maximum Gasteiger partial charge on any atom is 0.256 e. The van der Waals surface area contributed by atoms with E-state index in [1.54, 1.807) is 17.9 Å². The molecule has 3 N–H and O–H groups in total. The third kappa shape index (κ3) is 2.26. The molecule has 1 aliphatic heterocycles. The zero-order valence-electron chi connectivity index (χ0n) is 10.2. The van der Waals surface area contributed by atoms with Crippen molar-refractivity contribution in [3.05, 3.63) is 29.3 Å². The van der Waals surface area contributed by atoms with Crippen molar-refractivity contribution in [2.45, 2.75) is 25.9 Å². The van der Waals surface area contributed by atoms with E-state index in [9.17, 15) is 9.90 Å². The molecule has 4 heteroatoms. The topological polar surface area (TPSA) is 66.6 Å². The number of carbonyl (C=O) groups excluding carboxylic acids is 1. The molecule has 4 nitrogen and oxygen atoms in total. The van der Waals surface area contributed by atoms with Gasteiger partial charge in [0.1, 0.15) is 0 Å². The highest BCUT2D eigenvalue weighted by atomic mass is 16.3. The third-order valence-corrected chi connectivity index (χ3v) is 3.26. The van der Waals surface area contributed by atoms with Gasteiger partial charge in [0.05, 0.1) is 11.2 Å². The molecular weight excluding hydrogens is 216 g/mol. The number of rotatable bonds is 1. The molecule has 0 bridgehead atoms. The van der Waals surface area contributed by atoms with Crippen LogP contribution in [0.4, 0.5) is 5.69 Å². The monoisotopic (exact) mass is 234 g/mol. The van der Waals surface area contributed by atoms with Crippen molar-refractivity contribution in [1.29, 1.82) is 0 Å². The highest BCUT2D eigenvalue weighted by Gasteiger charge is 2.35. The largest absolute Gasteiger partial charge is 0.398 e. The molecule has 1 fully saturated rings. The van der Waals surface area contributed by atoms with Gasteiger partial charge in [-0.3, -0.25) is 4.79 Å². The molecule has 1 atom stereocenters. The lowest BCUT2D eigenvalue weighted by Crippen LogP contribution is -2.34. The van der Waals surface area contributed by atoms with Crippen molar-refractivity contribution >= 4 is 11.6 Å². The molecule has 1 saturated heterocycles. The van der Waals surface area contributed by atoms with Gasteiger partial charge in [-0.1, -0.05) is 12.1 Å². The molecule has 1 heterocycles. The van der Waals surface area contributed by atoms with Crippen LogP contribution >= 0.6 is 0 Å². The summed E-state index contributed by atoms with van der Waals surface area (Å²) in [6.45, 7) is 4.58. The number of benzene rings is 1. The zero-order chi connectivity index (χ0) is 12.6. The molecule has 0 aliphatic carbocycles. The van der Waals surface area contributed by atoms with Crippen molar-refractivity contribution < 1.29 is 9.90 Å². The molecule has 0 spiro atoms. The SMILES string of the molecule is Cc1cccc(N)c1C(=O)N1CCC(C)(O)C1. The van der Waals surface area contributed by atoms with Crippen molar-refractivity contribution in [2.24, 2.45) is 0 Å². The summed E-state index contributed by atoms with van der Waals surface area (Å²) in [6.07, 6.45) is 0.616. The average molecular weight is 234 g/mol. The number of hydrogen-bond donors (Lipinski definition) is 2. The predicted octanol–water partition coefficient (Wildman–Crippen LogP) is 1.17. The van der Waals surface area contributed by atoms with Gasteiger partial charge in [-0.2, -0.15) is 0 Å². The van der Waals surface area contributed by atoms with Gasteiger partial charge in [0.25, 0.3) is 5.91 Å². The quantitative estimate of drug-likeness (QED) is 0.717. The molecule has 0 aromatic heterocycles. The minimum atomic E-state index is -0.771. The summed E-state index contributed by atoms with van der Waals surface area (Å²) in [5.74, 6) is -0.0848. The lowest BCUT2D eigenvalue weighted by molar-refractivity contribution is 0.0572. The Morgan fingerprint density at radius 1 is 1.53 bits per heavy atom. The van der Waals surface area contributed by atoms with E-state index in [0.717, 1.165) is 5.56 Å². The molecular formula is C13H18N2O2. The predicted molar refractivity (Wildman–Crippen MR) is 66.7 cm³/mol. The first-order valence-electron chi connectivity index (χ1n) is 5.77. The third-order valence-electron chi connectivity index (χ3n) is 3.26. The second-order valence-corrected chi connectivity index (χ2v) is 5.01. The van der Waals surface area contributed by atoms with Crippen LogP contribution in [0.3, 0.4) is 0 Å².